The van der Waals surface area contributed by atoms with Gasteiger partial charge < -0.3 is 8.92 Å². The lowest BCUT2D eigenvalue weighted by Crippen LogP contribution is -2.28. The van der Waals surface area contributed by atoms with Gasteiger partial charge in [-0.25, -0.2) is 4.79 Å². The number of hydrogen-bond donors (Lipinski definition) is 0. The van der Waals surface area contributed by atoms with Gasteiger partial charge in [-0.2, -0.15) is 26.9 Å². The van der Waals surface area contributed by atoms with Gasteiger partial charge in [-0.1, -0.05) is 51.9 Å². The lowest BCUT2D eigenvalue weighted by molar-refractivity contribution is -0.0500. The number of carbonyl (C=O) groups excluding carboxylic acids is 1. The first kappa shape index (κ1) is 24.8. The molecule has 10 heteroatoms. The van der Waals surface area contributed by atoms with Gasteiger partial charge in [0.2, 0.25) is 0 Å². The Hall–Kier alpha value is -2.28. The van der Waals surface area contributed by atoms with Crippen molar-refractivity contribution in [2.45, 2.75) is 63.8 Å². The normalized spacial score (nSPS) is 11.7. The number of benzene rings is 1. The molecule has 1 rings (SSSR count). The van der Waals surface area contributed by atoms with E-state index in [0.29, 0.717) is 6.42 Å². The van der Waals surface area contributed by atoms with Crippen molar-refractivity contribution in [1.82, 2.24) is 0 Å². The highest BCUT2D eigenvalue weighted by Crippen LogP contribution is 2.29. The summed E-state index contributed by atoms with van der Waals surface area (Å²) in [5.74, 6) is -1.57. The summed E-state index contributed by atoms with van der Waals surface area (Å²) >= 11 is 0. The summed E-state index contributed by atoms with van der Waals surface area (Å²) in [7, 11) is -5.91. The molecule has 0 atom stereocenters. The molecule has 162 valence electrons. The molecule has 0 aliphatic heterocycles. The monoisotopic (exact) mass is 435 g/mol. The molecule has 0 radical (unpaired) electrons. The molecule has 6 nitrogen and oxygen atoms in total. The number of nitriles is 1. The molecule has 0 unspecified atom stereocenters. The fourth-order valence-corrected chi connectivity index (χ4v) is 2.94. The Morgan fingerprint density at radius 1 is 1.07 bits per heavy atom. The topological polar surface area (TPSA) is 93.5 Å². The third-order valence-electron chi connectivity index (χ3n) is 4.05. The quantitative estimate of drug-likeness (QED) is 0.197. The minimum absolute atomic E-state index is 0.0853. The Morgan fingerprint density at radius 3 is 2.21 bits per heavy atom. The Bertz CT molecular complexity index is 816. The average Bonchev–Trinajstić information content (AvgIpc) is 2.65. The van der Waals surface area contributed by atoms with Crippen LogP contribution in [-0.4, -0.2) is 26.5 Å². The highest BCUT2D eigenvalue weighted by molar-refractivity contribution is 7.88. The predicted octanol–water partition coefficient (Wildman–Crippen LogP) is 5.08. The van der Waals surface area contributed by atoms with E-state index in [0.717, 1.165) is 37.5 Å². The van der Waals surface area contributed by atoms with Crippen molar-refractivity contribution in [3.05, 3.63) is 29.3 Å². The second-order valence-corrected chi connectivity index (χ2v) is 7.95. The fraction of sp³-hybridized carbons (Fsp3) is 0.579. The van der Waals surface area contributed by atoms with Crippen LogP contribution in [-0.2, 0) is 14.9 Å². The van der Waals surface area contributed by atoms with Gasteiger partial charge in [0.1, 0.15) is 6.07 Å². The molecule has 1 aromatic rings. The predicted molar refractivity (Wildman–Crippen MR) is 99.7 cm³/mol. The first-order chi connectivity index (χ1) is 13.6. The standard InChI is InChI=1S/C19H24F3NO5S/c1-2-3-4-5-6-7-8-9-12-27-18(24)15-10-11-17(16(13-15)14-23)28-29(25,26)19(20,21)22/h10-11,13H,2-9,12H2,1H3. The number of esters is 1. The van der Waals surface area contributed by atoms with Crippen molar-refractivity contribution in [3.8, 4) is 11.8 Å². The minimum Gasteiger partial charge on any atom is -0.462 e. The van der Waals surface area contributed by atoms with Gasteiger partial charge in [-0.3, -0.25) is 0 Å². The SMILES string of the molecule is CCCCCCCCCCOC(=O)c1ccc(OS(=O)(=O)C(F)(F)F)c(C#N)c1. The lowest BCUT2D eigenvalue weighted by atomic mass is 10.1. The Labute approximate surface area is 168 Å². The summed E-state index contributed by atoms with van der Waals surface area (Å²) in [5.41, 5.74) is -6.25. The third kappa shape index (κ3) is 8.31. The van der Waals surface area contributed by atoms with Gasteiger partial charge in [0.15, 0.2) is 5.75 Å². The molecule has 0 saturated carbocycles. The van der Waals surface area contributed by atoms with Gasteiger partial charge >= 0.3 is 21.6 Å². The van der Waals surface area contributed by atoms with Gasteiger partial charge in [-0.05, 0) is 24.6 Å². The molecule has 0 aliphatic carbocycles. The summed E-state index contributed by atoms with van der Waals surface area (Å²) in [4.78, 5) is 12.0. The summed E-state index contributed by atoms with van der Waals surface area (Å²) < 4.78 is 68.4. The van der Waals surface area contributed by atoms with Gasteiger partial charge in [-0.15, -0.1) is 0 Å². The van der Waals surface area contributed by atoms with Crippen LogP contribution in [0, 0.1) is 11.3 Å². The van der Waals surface area contributed by atoms with Gasteiger partial charge in [0.25, 0.3) is 0 Å². The van der Waals surface area contributed by atoms with Crippen LogP contribution in [0.1, 0.15) is 74.2 Å². The van der Waals surface area contributed by atoms with Crippen molar-refractivity contribution < 1.29 is 35.3 Å². The first-order valence-electron chi connectivity index (χ1n) is 9.34. The molecule has 0 amide bonds. The van der Waals surface area contributed by atoms with Crippen molar-refractivity contribution in [1.29, 1.82) is 5.26 Å². The van der Waals surface area contributed by atoms with Crippen LogP contribution in [0.3, 0.4) is 0 Å². The number of halogens is 3. The lowest BCUT2D eigenvalue weighted by Gasteiger charge is -2.11. The first-order valence-corrected chi connectivity index (χ1v) is 10.7. The molecule has 1 aromatic carbocycles. The van der Waals surface area contributed by atoms with E-state index in [1.165, 1.54) is 31.8 Å². The largest absolute Gasteiger partial charge is 0.534 e. The Balaban J connectivity index is 2.54. The third-order valence-corrected chi connectivity index (χ3v) is 5.02. The number of nitrogens with zero attached hydrogens (tertiary/aromatic N) is 1. The highest BCUT2D eigenvalue weighted by atomic mass is 32.2. The van der Waals surface area contributed by atoms with Crippen LogP contribution in [0.25, 0.3) is 0 Å². The second kappa shape index (κ2) is 11.7. The van der Waals surface area contributed by atoms with E-state index in [2.05, 4.69) is 11.1 Å². The molecule has 0 saturated heterocycles. The van der Waals surface area contributed by atoms with Crippen molar-refractivity contribution in [2.24, 2.45) is 0 Å². The van der Waals surface area contributed by atoms with Crippen molar-refractivity contribution in [2.75, 3.05) is 6.61 Å². The van der Waals surface area contributed by atoms with E-state index < -0.39 is 32.9 Å². The smallest absolute Gasteiger partial charge is 0.462 e. The maximum absolute atomic E-state index is 12.4. The van der Waals surface area contributed by atoms with E-state index in [-0.39, 0.29) is 12.2 Å². The highest BCUT2D eigenvalue weighted by Gasteiger charge is 2.48. The molecule has 29 heavy (non-hydrogen) atoms. The molecular formula is C19H24F3NO5S. The zero-order valence-electron chi connectivity index (χ0n) is 16.1. The molecule has 0 aromatic heterocycles. The van der Waals surface area contributed by atoms with Crippen LogP contribution in [0.15, 0.2) is 18.2 Å². The average molecular weight is 435 g/mol. The summed E-state index contributed by atoms with van der Waals surface area (Å²) in [5, 5.41) is 9.02. The van der Waals surface area contributed by atoms with Crippen LogP contribution >= 0.6 is 0 Å². The Kier molecular flexibility index (Phi) is 9.95. The summed E-state index contributed by atoms with van der Waals surface area (Å²) in [6, 6.07) is 4.29. The molecule has 0 aliphatic rings. The molecule has 0 spiro atoms. The van der Waals surface area contributed by atoms with Crippen LogP contribution in [0.2, 0.25) is 0 Å². The van der Waals surface area contributed by atoms with E-state index >= 15 is 0 Å². The van der Waals surface area contributed by atoms with E-state index in [4.69, 9.17) is 10.00 Å². The molecular weight excluding hydrogens is 411 g/mol. The molecule has 0 bridgehead atoms. The number of unbranched alkanes of at least 4 members (excludes halogenated alkanes) is 7. The van der Waals surface area contributed by atoms with Gasteiger partial charge in [0.05, 0.1) is 17.7 Å². The van der Waals surface area contributed by atoms with Crippen molar-refractivity contribution in [3.63, 3.8) is 0 Å². The van der Waals surface area contributed by atoms with Crippen LogP contribution < -0.4 is 4.18 Å². The molecule has 0 heterocycles. The summed E-state index contributed by atoms with van der Waals surface area (Å²) in [6.07, 6.45) is 8.57. The second-order valence-electron chi connectivity index (χ2n) is 6.42. The maximum Gasteiger partial charge on any atom is 0.534 e. The minimum atomic E-state index is -5.91. The van der Waals surface area contributed by atoms with Gasteiger partial charge in [0, 0.05) is 0 Å². The number of carbonyl (C=O) groups is 1. The molecule has 0 fully saturated rings. The number of ether oxygens (including phenoxy) is 1. The molecule has 0 N–H and O–H groups in total. The maximum atomic E-state index is 12.4. The van der Waals surface area contributed by atoms with E-state index in [1.807, 2.05) is 0 Å². The number of hydrogen-bond acceptors (Lipinski definition) is 6. The van der Waals surface area contributed by atoms with Crippen LogP contribution in [0.4, 0.5) is 13.2 Å². The number of rotatable bonds is 12. The fourth-order valence-electron chi connectivity index (χ4n) is 2.47. The zero-order valence-corrected chi connectivity index (χ0v) is 16.9. The van der Waals surface area contributed by atoms with E-state index in [1.54, 1.807) is 0 Å². The Morgan fingerprint density at radius 2 is 1.66 bits per heavy atom. The summed E-state index contributed by atoms with van der Waals surface area (Å²) in [6.45, 7) is 2.33. The van der Waals surface area contributed by atoms with E-state index in [9.17, 15) is 26.4 Å². The zero-order chi connectivity index (χ0) is 21.9. The van der Waals surface area contributed by atoms with Crippen LogP contribution in [0.5, 0.6) is 5.75 Å². The van der Waals surface area contributed by atoms with Crippen molar-refractivity contribution >= 4 is 16.1 Å². The number of alkyl halides is 3.